The Hall–Kier alpha value is -2.20. The molecule has 1 amide bonds. The maximum absolute atomic E-state index is 12.3. The molecule has 114 valence electrons. The molecular formula is C18H21N3O. The number of pyridine rings is 1. The van der Waals surface area contributed by atoms with Crippen LogP contribution in [0, 0.1) is 6.92 Å². The fraction of sp³-hybridized carbons (Fsp3) is 0.333. The van der Waals surface area contributed by atoms with Gasteiger partial charge in [-0.25, -0.2) is 0 Å². The first-order chi connectivity index (χ1) is 10.6. The largest absolute Gasteiger partial charge is 0.349 e. The molecule has 0 unspecified atom stereocenters. The van der Waals surface area contributed by atoms with Gasteiger partial charge in [0.05, 0.1) is 0 Å². The lowest BCUT2D eigenvalue weighted by molar-refractivity contribution is 0.0937. The van der Waals surface area contributed by atoms with Crippen LogP contribution >= 0.6 is 0 Å². The van der Waals surface area contributed by atoms with Gasteiger partial charge < -0.3 is 11.1 Å². The molecule has 1 aromatic heterocycles. The van der Waals surface area contributed by atoms with E-state index in [-0.39, 0.29) is 18.0 Å². The summed E-state index contributed by atoms with van der Waals surface area (Å²) in [6.07, 6.45) is 6.47. The highest BCUT2D eigenvalue weighted by Gasteiger charge is 2.23. The molecule has 0 spiro atoms. The quantitative estimate of drug-likeness (QED) is 0.914. The number of carbonyl (C=O) groups is 1. The molecule has 1 aliphatic rings. The van der Waals surface area contributed by atoms with Crippen molar-refractivity contribution in [3.05, 3.63) is 53.9 Å². The van der Waals surface area contributed by atoms with Crippen molar-refractivity contribution in [2.75, 3.05) is 0 Å². The summed E-state index contributed by atoms with van der Waals surface area (Å²) in [5.74, 6) is -0.0166. The summed E-state index contributed by atoms with van der Waals surface area (Å²) in [6, 6.07) is 10.1. The summed E-state index contributed by atoms with van der Waals surface area (Å²) in [7, 11) is 0. The normalized spacial score (nSPS) is 20.8. The third-order valence-electron chi connectivity index (χ3n) is 4.29. The highest BCUT2D eigenvalue weighted by Crippen LogP contribution is 2.23. The zero-order valence-corrected chi connectivity index (χ0v) is 12.8. The standard InChI is InChI=1S/C18H21N3O/c1-12-11-20-9-8-17(12)13-2-4-14(5-3-13)18(22)21-16-7-6-15(19)10-16/h2-5,8-9,11,15-16H,6-7,10,19H2,1H3,(H,21,22)/t15-,16+/m1/s1. The summed E-state index contributed by atoms with van der Waals surface area (Å²) < 4.78 is 0. The molecule has 3 rings (SSSR count). The lowest BCUT2D eigenvalue weighted by atomic mass is 10.0. The van der Waals surface area contributed by atoms with Crippen LogP contribution in [0.4, 0.5) is 0 Å². The van der Waals surface area contributed by atoms with E-state index in [2.05, 4.69) is 10.3 Å². The van der Waals surface area contributed by atoms with Crippen molar-refractivity contribution in [1.29, 1.82) is 0 Å². The molecule has 1 saturated carbocycles. The Morgan fingerprint density at radius 2 is 2.00 bits per heavy atom. The van der Waals surface area contributed by atoms with E-state index in [4.69, 9.17) is 5.73 Å². The van der Waals surface area contributed by atoms with Gasteiger partial charge in [0.1, 0.15) is 0 Å². The topological polar surface area (TPSA) is 68.0 Å². The van der Waals surface area contributed by atoms with Crippen LogP contribution in [0.1, 0.15) is 35.2 Å². The van der Waals surface area contributed by atoms with Crippen LogP contribution in [-0.2, 0) is 0 Å². The van der Waals surface area contributed by atoms with Gasteiger partial charge in [0.2, 0.25) is 0 Å². The summed E-state index contributed by atoms with van der Waals surface area (Å²) >= 11 is 0. The van der Waals surface area contributed by atoms with Gasteiger partial charge >= 0.3 is 0 Å². The zero-order valence-electron chi connectivity index (χ0n) is 12.8. The number of rotatable bonds is 3. The molecule has 0 aliphatic heterocycles. The van der Waals surface area contributed by atoms with Crippen molar-refractivity contribution in [3.63, 3.8) is 0 Å². The van der Waals surface area contributed by atoms with Gasteiger partial charge in [0, 0.05) is 30.0 Å². The molecule has 0 bridgehead atoms. The average molecular weight is 295 g/mol. The van der Waals surface area contributed by atoms with Crippen molar-refractivity contribution < 1.29 is 4.79 Å². The van der Waals surface area contributed by atoms with Crippen molar-refractivity contribution >= 4 is 5.91 Å². The van der Waals surface area contributed by atoms with Crippen molar-refractivity contribution in [3.8, 4) is 11.1 Å². The van der Waals surface area contributed by atoms with Crippen LogP contribution in [0.3, 0.4) is 0 Å². The Bertz CT molecular complexity index is 666. The van der Waals surface area contributed by atoms with Gasteiger partial charge in [-0.05, 0) is 61.1 Å². The van der Waals surface area contributed by atoms with Crippen molar-refractivity contribution in [1.82, 2.24) is 10.3 Å². The van der Waals surface area contributed by atoms with E-state index in [9.17, 15) is 4.79 Å². The van der Waals surface area contributed by atoms with Crippen molar-refractivity contribution in [2.45, 2.75) is 38.3 Å². The third kappa shape index (κ3) is 3.17. The fourth-order valence-electron chi connectivity index (χ4n) is 3.01. The Kier molecular flexibility index (Phi) is 4.20. The van der Waals surface area contributed by atoms with Crippen LogP contribution in [0.25, 0.3) is 11.1 Å². The molecule has 2 aromatic rings. The molecule has 4 heteroatoms. The molecule has 4 nitrogen and oxygen atoms in total. The Morgan fingerprint density at radius 1 is 1.23 bits per heavy atom. The summed E-state index contributed by atoms with van der Waals surface area (Å²) in [5.41, 5.74) is 9.94. The minimum absolute atomic E-state index is 0.0166. The lowest BCUT2D eigenvalue weighted by Crippen LogP contribution is -2.33. The highest BCUT2D eigenvalue weighted by atomic mass is 16.1. The molecule has 1 aromatic carbocycles. The van der Waals surface area contributed by atoms with Gasteiger partial charge in [-0.1, -0.05) is 12.1 Å². The molecule has 3 N–H and O–H groups in total. The van der Waals surface area contributed by atoms with Gasteiger partial charge in [0.25, 0.3) is 5.91 Å². The number of aryl methyl sites for hydroxylation is 1. The lowest BCUT2D eigenvalue weighted by Gasteiger charge is -2.13. The number of hydrogen-bond acceptors (Lipinski definition) is 3. The first-order valence-electron chi connectivity index (χ1n) is 7.71. The molecule has 1 heterocycles. The SMILES string of the molecule is Cc1cnccc1-c1ccc(C(=O)N[C@H]2CC[C@@H](N)C2)cc1. The monoisotopic (exact) mass is 295 g/mol. The number of hydrogen-bond donors (Lipinski definition) is 2. The Labute approximate surface area is 130 Å². The predicted molar refractivity (Wildman–Crippen MR) is 87.5 cm³/mol. The molecule has 1 fully saturated rings. The predicted octanol–water partition coefficient (Wildman–Crippen LogP) is 2.67. The van der Waals surface area contributed by atoms with Crippen LogP contribution in [0.15, 0.2) is 42.7 Å². The first-order valence-corrected chi connectivity index (χ1v) is 7.71. The van der Waals surface area contributed by atoms with E-state index >= 15 is 0 Å². The van der Waals surface area contributed by atoms with Crippen LogP contribution in [0.5, 0.6) is 0 Å². The molecule has 22 heavy (non-hydrogen) atoms. The van der Waals surface area contributed by atoms with E-state index in [1.165, 1.54) is 0 Å². The van der Waals surface area contributed by atoms with Crippen molar-refractivity contribution in [2.24, 2.45) is 5.73 Å². The highest BCUT2D eigenvalue weighted by molar-refractivity contribution is 5.95. The number of benzene rings is 1. The van der Waals surface area contributed by atoms with E-state index in [1.54, 1.807) is 6.20 Å². The molecule has 0 saturated heterocycles. The Morgan fingerprint density at radius 3 is 2.64 bits per heavy atom. The second-order valence-electron chi connectivity index (χ2n) is 6.01. The summed E-state index contributed by atoms with van der Waals surface area (Å²) in [4.78, 5) is 16.4. The average Bonchev–Trinajstić information content (AvgIpc) is 2.93. The minimum atomic E-state index is -0.0166. The Balaban J connectivity index is 1.71. The van der Waals surface area contributed by atoms with Gasteiger partial charge in [-0.2, -0.15) is 0 Å². The number of amides is 1. The number of nitrogens with two attached hydrogens (primary N) is 1. The summed E-state index contributed by atoms with van der Waals surface area (Å²) in [5, 5.41) is 3.07. The van der Waals surface area contributed by atoms with E-state index < -0.39 is 0 Å². The van der Waals surface area contributed by atoms with Gasteiger partial charge in [-0.3, -0.25) is 9.78 Å². The maximum atomic E-state index is 12.3. The van der Waals surface area contributed by atoms with E-state index in [1.807, 2.05) is 43.5 Å². The number of aromatic nitrogens is 1. The molecule has 0 radical (unpaired) electrons. The van der Waals surface area contributed by atoms with Crippen LogP contribution < -0.4 is 11.1 Å². The van der Waals surface area contributed by atoms with Crippen LogP contribution in [0.2, 0.25) is 0 Å². The smallest absolute Gasteiger partial charge is 0.251 e. The first kappa shape index (κ1) is 14.7. The van der Waals surface area contributed by atoms with E-state index in [0.29, 0.717) is 5.56 Å². The third-order valence-corrected chi connectivity index (χ3v) is 4.29. The second-order valence-corrected chi connectivity index (χ2v) is 6.01. The number of nitrogens with zero attached hydrogens (tertiary/aromatic N) is 1. The molecular weight excluding hydrogens is 274 g/mol. The second kappa shape index (κ2) is 6.28. The number of nitrogens with one attached hydrogen (secondary N) is 1. The minimum Gasteiger partial charge on any atom is -0.349 e. The fourth-order valence-corrected chi connectivity index (χ4v) is 3.01. The maximum Gasteiger partial charge on any atom is 0.251 e. The summed E-state index contributed by atoms with van der Waals surface area (Å²) in [6.45, 7) is 2.03. The molecule has 2 atom stereocenters. The van der Waals surface area contributed by atoms with Crippen LogP contribution in [-0.4, -0.2) is 23.0 Å². The zero-order chi connectivity index (χ0) is 15.5. The molecule has 1 aliphatic carbocycles. The number of carbonyl (C=O) groups excluding carboxylic acids is 1. The van der Waals surface area contributed by atoms with Gasteiger partial charge in [0.15, 0.2) is 0 Å². The van der Waals surface area contributed by atoms with E-state index in [0.717, 1.165) is 36.0 Å². The van der Waals surface area contributed by atoms with Gasteiger partial charge in [-0.15, -0.1) is 0 Å².